The molecule has 3 rings (SSSR count). The number of ether oxygens (including phenoxy) is 6. The topological polar surface area (TPSA) is 307 Å². The lowest BCUT2D eigenvalue weighted by Gasteiger charge is -2.48. The van der Waals surface area contributed by atoms with E-state index in [1.54, 1.807) is 6.08 Å². The molecule has 19 nitrogen and oxygen atoms in total. The highest BCUT2D eigenvalue weighted by Gasteiger charge is 2.53. The first-order valence-corrected chi connectivity index (χ1v) is 32.0. The number of amides is 1. The quantitative estimate of drug-likeness (QED) is 0.0220. The molecule has 0 aromatic carbocycles. The molecule has 12 N–H and O–H groups in total. The zero-order valence-electron chi connectivity index (χ0n) is 50.4. The van der Waals surface area contributed by atoms with Crippen LogP contribution in [0.4, 0.5) is 0 Å². The third-order valence-corrected chi connectivity index (χ3v) is 15.8. The predicted molar refractivity (Wildman–Crippen MR) is 318 cm³/mol. The number of rotatable bonds is 47. The second-order valence-corrected chi connectivity index (χ2v) is 22.8. The van der Waals surface area contributed by atoms with Gasteiger partial charge in [0, 0.05) is 6.42 Å². The number of aliphatic hydroxyl groups is 11. The highest BCUT2D eigenvalue weighted by Crippen LogP contribution is 2.33. The Morgan fingerprint density at radius 1 is 0.434 bits per heavy atom. The molecule has 17 unspecified atom stereocenters. The highest BCUT2D eigenvalue weighted by molar-refractivity contribution is 5.76. The molecule has 0 radical (unpaired) electrons. The van der Waals surface area contributed by atoms with Crippen LogP contribution in [-0.4, -0.2) is 193 Å². The van der Waals surface area contributed by atoms with Gasteiger partial charge in [0.25, 0.3) is 0 Å². The van der Waals surface area contributed by atoms with Crippen LogP contribution < -0.4 is 5.32 Å². The Labute approximate surface area is 496 Å². The van der Waals surface area contributed by atoms with E-state index < -0.39 is 124 Å². The maximum Gasteiger partial charge on any atom is 0.220 e. The van der Waals surface area contributed by atoms with Crippen LogP contribution in [0.25, 0.3) is 0 Å². The van der Waals surface area contributed by atoms with Gasteiger partial charge in [-0.15, -0.1) is 0 Å². The van der Waals surface area contributed by atoms with Crippen LogP contribution in [0.2, 0.25) is 0 Å². The monoisotopic (exact) mass is 1180 g/mol. The van der Waals surface area contributed by atoms with Crippen molar-refractivity contribution in [1.29, 1.82) is 0 Å². The lowest BCUT2D eigenvalue weighted by molar-refractivity contribution is -0.379. The maximum atomic E-state index is 13.3. The van der Waals surface area contributed by atoms with Crippen LogP contribution in [0, 0.1) is 0 Å². The Morgan fingerprint density at radius 3 is 1.30 bits per heavy atom. The van der Waals surface area contributed by atoms with Crippen LogP contribution in [-0.2, 0) is 33.2 Å². The van der Waals surface area contributed by atoms with E-state index in [1.165, 1.54) is 122 Å². The van der Waals surface area contributed by atoms with E-state index in [4.69, 9.17) is 28.4 Å². The summed E-state index contributed by atoms with van der Waals surface area (Å²) >= 11 is 0. The van der Waals surface area contributed by atoms with E-state index >= 15 is 0 Å². The van der Waals surface area contributed by atoms with Crippen LogP contribution in [0.15, 0.2) is 60.8 Å². The van der Waals surface area contributed by atoms with E-state index in [9.17, 15) is 61.0 Å². The van der Waals surface area contributed by atoms with Crippen LogP contribution >= 0.6 is 0 Å². The average Bonchev–Trinajstić information content (AvgIpc) is 3.31. The zero-order chi connectivity index (χ0) is 60.5. The number of aliphatic hydroxyl groups excluding tert-OH is 11. The van der Waals surface area contributed by atoms with Gasteiger partial charge < -0.3 is 89.9 Å². The van der Waals surface area contributed by atoms with Gasteiger partial charge in [0.2, 0.25) is 5.91 Å². The largest absolute Gasteiger partial charge is 0.394 e. The summed E-state index contributed by atoms with van der Waals surface area (Å²) in [5.41, 5.74) is 0. The Hall–Kier alpha value is -2.51. The first kappa shape index (κ1) is 74.7. The van der Waals surface area contributed by atoms with Gasteiger partial charge in [-0.25, -0.2) is 0 Å². The Morgan fingerprint density at radius 2 is 0.807 bits per heavy atom. The van der Waals surface area contributed by atoms with E-state index in [2.05, 4.69) is 67.8 Å². The second kappa shape index (κ2) is 46.6. The summed E-state index contributed by atoms with van der Waals surface area (Å²) in [5, 5.41) is 120. The molecule has 3 heterocycles. The Bertz CT molecular complexity index is 1750. The fourth-order valence-electron chi connectivity index (χ4n) is 10.5. The summed E-state index contributed by atoms with van der Waals surface area (Å²) in [4.78, 5) is 13.3. The van der Waals surface area contributed by atoms with Crippen LogP contribution in [0.5, 0.6) is 0 Å². The molecule has 482 valence electrons. The molecule has 0 saturated carbocycles. The SMILES string of the molecule is CCCCC/C=C/CC/C=C/CC/C=C/C(O)C(COC1OC(CO)C(OC2OC(CO)C(OC3OC(CO)C(O)C(O)C3O)C(O)C2O)C(O)C1O)NC(=O)CCCCCCCCCCCCCCC/C=C\C/C=C\CCCCCCC. The summed E-state index contributed by atoms with van der Waals surface area (Å²) < 4.78 is 34.2. The molecule has 3 aliphatic heterocycles. The number of carbonyl (C=O) groups excluding carboxylic acids is 1. The van der Waals surface area contributed by atoms with E-state index in [1.807, 2.05) is 6.08 Å². The predicted octanol–water partition coefficient (Wildman–Crippen LogP) is 6.82. The summed E-state index contributed by atoms with van der Waals surface area (Å²) in [6, 6.07) is -0.997. The number of hydrogen-bond acceptors (Lipinski definition) is 18. The number of hydrogen-bond donors (Lipinski definition) is 12. The first-order chi connectivity index (χ1) is 40.3. The normalized spacial score (nSPS) is 29.8. The fourth-order valence-corrected chi connectivity index (χ4v) is 10.5. The molecular formula is C64H113NO18. The number of allylic oxidation sites excluding steroid dienone is 9. The molecule has 0 bridgehead atoms. The Kier molecular flexibility index (Phi) is 42.0. The number of carbonyl (C=O) groups is 1. The van der Waals surface area contributed by atoms with Crippen molar-refractivity contribution in [3.05, 3.63) is 60.8 Å². The highest BCUT2D eigenvalue weighted by atomic mass is 16.8. The van der Waals surface area contributed by atoms with Gasteiger partial charge in [0.1, 0.15) is 73.2 Å². The van der Waals surface area contributed by atoms with Crippen LogP contribution in [0.3, 0.4) is 0 Å². The molecule has 0 aromatic rings. The van der Waals surface area contributed by atoms with Crippen molar-refractivity contribution in [1.82, 2.24) is 5.32 Å². The van der Waals surface area contributed by atoms with Crippen molar-refractivity contribution in [2.75, 3.05) is 26.4 Å². The van der Waals surface area contributed by atoms with E-state index in [0.717, 1.165) is 51.4 Å². The average molecular weight is 1180 g/mol. The minimum atomic E-state index is -1.98. The number of unbranched alkanes of at least 4 members (excludes halogenated alkanes) is 23. The minimum absolute atomic E-state index is 0.229. The van der Waals surface area contributed by atoms with E-state index in [0.29, 0.717) is 12.8 Å². The van der Waals surface area contributed by atoms with Gasteiger partial charge >= 0.3 is 0 Å². The fraction of sp³-hybridized carbons (Fsp3) is 0.828. The third kappa shape index (κ3) is 29.8. The lowest BCUT2D eigenvalue weighted by Crippen LogP contribution is -2.66. The van der Waals surface area contributed by atoms with Crippen LogP contribution in [0.1, 0.15) is 206 Å². The van der Waals surface area contributed by atoms with Gasteiger partial charge in [0.05, 0.1) is 38.6 Å². The maximum absolute atomic E-state index is 13.3. The van der Waals surface area contributed by atoms with Crippen molar-refractivity contribution >= 4 is 5.91 Å². The smallest absolute Gasteiger partial charge is 0.220 e. The molecule has 3 saturated heterocycles. The van der Waals surface area contributed by atoms with Gasteiger partial charge in [-0.2, -0.15) is 0 Å². The standard InChI is InChI=1S/C64H113NO18/c1-3-5-7-9-11-13-15-17-18-19-20-21-22-23-24-25-26-27-28-30-32-34-36-38-40-42-52(70)65-47(48(69)41-39-37-35-33-31-29-16-14-12-10-8-6-4-2)46-78-62-58(76)55(73)60(50(44-67)80-62)83-64-59(77)56(74)61(51(45-68)81-64)82-63-57(75)54(72)53(71)49(43-66)79-63/h12,14-15,17,19-20,31,33,39,41,47-51,53-64,66-69,71-77H,3-11,13,16,18,21-30,32,34-38,40,42-46H2,1-2H3,(H,65,70)/b14-12+,17-15-,20-19-,33-31+,41-39+. The molecule has 0 aliphatic carbocycles. The second-order valence-electron chi connectivity index (χ2n) is 22.8. The van der Waals surface area contributed by atoms with E-state index in [-0.39, 0.29) is 18.9 Å². The molecule has 0 spiro atoms. The lowest BCUT2D eigenvalue weighted by atomic mass is 9.96. The summed E-state index contributed by atoms with van der Waals surface area (Å²) in [7, 11) is 0. The molecule has 0 aromatic heterocycles. The summed E-state index contributed by atoms with van der Waals surface area (Å²) in [6.07, 6.45) is 27.8. The summed E-state index contributed by atoms with van der Waals surface area (Å²) in [5.74, 6) is -0.293. The molecule has 3 aliphatic rings. The van der Waals surface area contributed by atoms with Gasteiger partial charge in [-0.1, -0.05) is 184 Å². The minimum Gasteiger partial charge on any atom is -0.394 e. The molecule has 17 atom stereocenters. The van der Waals surface area contributed by atoms with Crippen molar-refractivity contribution < 1.29 is 89.4 Å². The Balaban J connectivity index is 1.45. The molecule has 1 amide bonds. The molecule has 3 fully saturated rings. The van der Waals surface area contributed by atoms with Crippen molar-refractivity contribution in [3.63, 3.8) is 0 Å². The summed E-state index contributed by atoms with van der Waals surface area (Å²) in [6.45, 7) is 1.64. The first-order valence-electron chi connectivity index (χ1n) is 32.0. The van der Waals surface area contributed by atoms with Crippen molar-refractivity contribution in [2.24, 2.45) is 0 Å². The van der Waals surface area contributed by atoms with Gasteiger partial charge in [-0.3, -0.25) is 4.79 Å². The van der Waals surface area contributed by atoms with Crippen molar-refractivity contribution in [2.45, 2.75) is 311 Å². The van der Waals surface area contributed by atoms with Gasteiger partial charge in [0.15, 0.2) is 18.9 Å². The third-order valence-electron chi connectivity index (χ3n) is 15.8. The molecule has 19 heteroatoms. The van der Waals surface area contributed by atoms with Crippen molar-refractivity contribution in [3.8, 4) is 0 Å². The number of nitrogens with one attached hydrogen (secondary N) is 1. The molecular weight excluding hydrogens is 1070 g/mol. The van der Waals surface area contributed by atoms with Gasteiger partial charge in [-0.05, 0) is 77.0 Å². The molecule has 83 heavy (non-hydrogen) atoms. The zero-order valence-corrected chi connectivity index (χ0v) is 50.4.